The molecule has 3 atom stereocenters. The molecular formula is C13H17ClN2O2S. The summed E-state index contributed by atoms with van der Waals surface area (Å²) in [6, 6.07) is 4.55. The molecule has 1 aromatic rings. The van der Waals surface area contributed by atoms with Crippen molar-refractivity contribution in [3.05, 3.63) is 23.2 Å². The van der Waals surface area contributed by atoms with Gasteiger partial charge in [-0.05, 0) is 49.3 Å². The molecule has 3 unspecified atom stereocenters. The van der Waals surface area contributed by atoms with Crippen LogP contribution in [0.5, 0.6) is 0 Å². The van der Waals surface area contributed by atoms with Crippen LogP contribution in [0, 0.1) is 11.8 Å². The van der Waals surface area contributed by atoms with Crippen LogP contribution in [0.15, 0.2) is 23.1 Å². The Hall–Kier alpha value is -0.780. The molecule has 2 saturated carbocycles. The minimum atomic E-state index is -3.55. The number of nitrogens with one attached hydrogen (secondary N) is 1. The smallest absolute Gasteiger partial charge is 0.242 e. The first-order chi connectivity index (χ1) is 8.95. The molecule has 0 aliphatic heterocycles. The van der Waals surface area contributed by atoms with Gasteiger partial charge in [0, 0.05) is 11.1 Å². The monoisotopic (exact) mass is 300 g/mol. The van der Waals surface area contributed by atoms with Crippen LogP contribution in [0.2, 0.25) is 5.02 Å². The summed E-state index contributed by atoms with van der Waals surface area (Å²) in [5.41, 5.74) is 5.95. The van der Waals surface area contributed by atoms with Gasteiger partial charge in [0.25, 0.3) is 0 Å². The van der Waals surface area contributed by atoms with Crippen molar-refractivity contribution in [3.8, 4) is 0 Å². The van der Waals surface area contributed by atoms with Gasteiger partial charge >= 0.3 is 0 Å². The molecule has 1 aromatic carbocycles. The van der Waals surface area contributed by atoms with Crippen LogP contribution >= 0.6 is 11.6 Å². The van der Waals surface area contributed by atoms with Crippen LogP contribution in [-0.4, -0.2) is 14.5 Å². The zero-order valence-electron chi connectivity index (χ0n) is 10.5. The number of sulfonamides is 1. The van der Waals surface area contributed by atoms with E-state index in [1.807, 2.05) is 0 Å². The molecule has 3 rings (SSSR count). The van der Waals surface area contributed by atoms with Gasteiger partial charge in [0.1, 0.15) is 4.90 Å². The van der Waals surface area contributed by atoms with Gasteiger partial charge in [0.05, 0.1) is 5.69 Å². The topological polar surface area (TPSA) is 72.2 Å². The third-order valence-corrected chi connectivity index (χ3v) is 6.10. The van der Waals surface area contributed by atoms with Crippen LogP contribution in [0.3, 0.4) is 0 Å². The van der Waals surface area contributed by atoms with Gasteiger partial charge in [0.2, 0.25) is 10.0 Å². The van der Waals surface area contributed by atoms with E-state index in [0.717, 1.165) is 19.3 Å². The van der Waals surface area contributed by atoms with E-state index in [4.69, 9.17) is 17.3 Å². The van der Waals surface area contributed by atoms with Crippen LogP contribution < -0.4 is 10.5 Å². The van der Waals surface area contributed by atoms with Crippen LogP contribution in [0.25, 0.3) is 0 Å². The predicted molar refractivity (Wildman–Crippen MR) is 75.4 cm³/mol. The second kappa shape index (κ2) is 4.65. The molecule has 0 spiro atoms. The van der Waals surface area contributed by atoms with E-state index in [9.17, 15) is 8.42 Å². The van der Waals surface area contributed by atoms with Gasteiger partial charge in [-0.15, -0.1) is 0 Å². The van der Waals surface area contributed by atoms with E-state index in [2.05, 4.69) is 4.72 Å². The zero-order chi connectivity index (χ0) is 13.6. The highest BCUT2D eigenvalue weighted by molar-refractivity contribution is 7.89. The summed E-state index contributed by atoms with van der Waals surface area (Å²) < 4.78 is 27.5. The van der Waals surface area contributed by atoms with Crippen molar-refractivity contribution >= 4 is 27.3 Å². The van der Waals surface area contributed by atoms with Crippen molar-refractivity contribution in [1.82, 2.24) is 4.72 Å². The first kappa shape index (κ1) is 13.2. The van der Waals surface area contributed by atoms with E-state index in [1.54, 1.807) is 6.07 Å². The van der Waals surface area contributed by atoms with Gasteiger partial charge < -0.3 is 5.73 Å². The number of hydrogen-bond donors (Lipinski definition) is 2. The zero-order valence-corrected chi connectivity index (χ0v) is 12.0. The Labute approximate surface area is 118 Å². The second-order valence-electron chi connectivity index (χ2n) is 5.58. The number of halogens is 1. The molecule has 2 aliphatic rings. The molecule has 0 radical (unpaired) electrons. The van der Waals surface area contributed by atoms with Crippen LogP contribution in [-0.2, 0) is 10.0 Å². The fraction of sp³-hybridized carbons (Fsp3) is 0.538. The van der Waals surface area contributed by atoms with Crippen molar-refractivity contribution < 1.29 is 8.42 Å². The van der Waals surface area contributed by atoms with E-state index in [0.29, 0.717) is 16.9 Å². The molecule has 0 heterocycles. The summed E-state index contributed by atoms with van der Waals surface area (Å²) >= 11 is 5.79. The van der Waals surface area contributed by atoms with E-state index < -0.39 is 10.0 Å². The highest BCUT2D eigenvalue weighted by atomic mass is 35.5. The molecule has 2 fully saturated rings. The lowest BCUT2D eigenvalue weighted by molar-refractivity contribution is 0.390. The van der Waals surface area contributed by atoms with Crippen molar-refractivity contribution in [1.29, 1.82) is 0 Å². The van der Waals surface area contributed by atoms with Crippen LogP contribution in [0.1, 0.15) is 25.7 Å². The quantitative estimate of drug-likeness (QED) is 0.842. The van der Waals surface area contributed by atoms with Crippen molar-refractivity contribution in [2.24, 2.45) is 11.8 Å². The van der Waals surface area contributed by atoms with Gasteiger partial charge in [-0.25, -0.2) is 13.1 Å². The molecule has 6 heteroatoms. The van der Waals surface area contributed by atoms with Gasteiger partial charge in [-0.2, -0.15) is 0 Å². The molecule has 3 N–H and O–H groups in total. The number of anilines is 1. The minimum absolute atomic E-state index is 0.0684. The summed E-state index contributed by atoms with van der Waals surface area (Å²) in [4.78, 5) is 0.125. The Morgan fingerprint density at radius 3 is 2.63 bits per heavy atom. The Morgan fingerprint density at radius 1 is 1.26 bits per heavy atom. The molecule has 2 aliphatic carbocycles. The number of nitrogens with two attached hydrogens (primary N) is 1. The maximum Gasteiger partial charge on any atom is 0.242 e. The van der Waals surface area contributed by atoms with Crippen molar-refractivity contribution in [2.45, 2.75) is 36.6 Å². The SMILES string of the molecule is Nc1cc(Cl)ccc1S(=O)(=O)NC1CC2CCC1C2. The Kier molecular flexibility index (Phi) is 3.23. The Balaban J connectivity index is 1.83. The first-order valence-electron chi connectivity index (χ1n) is 6.53. The number of hydrogen-bond acceptors (Lipinski definition) is 3. The minimum Gasteiger partial charge on any atom is -0.398 e. The molecule has 2 bridgehead atoms. The third kappa shape index (κ3) is 2.47. The standard InChI is InChI=1S/C13H17ClN2O2S/c14-10-3-4-13(11(15)7-10)19(17,18)16-12-6-8-1-2-9(12)5-8/h3-4,7-9,12,16H,1-2,5-6,15H2. The summed E-state index contributed by atoms with van der Waals surface area (Å²) in [5.74, 6) is 1.19. The summed E-state index contributed by atoms with van der Waals surface area (Å²) in [6.07, 6.45) is 4.49. The molecule has 4 nitrogen and oxygen atoms in total. The molecule has 104 valence electrons. The highest BCUT2D eigenvalue weighted by Crippen LogP contribution is 2.44. The normalized spacial score (nSPS) is 29.8. The van der Waals surface area contributed by atoms with Crippen molar-refractivity contribution in [2.75, 3.05) is 5.73 Å². The van der Waals surface area contributed by atoms with E-state index >= 15 is 0 Å². The lowest BCUT2D eigenvalue weighted by Gasteiger charge is -2.23. The Morgan fingerprint density at radius 2 is 2.05 bits per heavy atom. The molecule has 0 amide bonds. The molecular weight excluding hydrogens is 284 g/mol. The fourth-order valence-electron chi connectivity index (χ4n) is 3.42. The summed E-state index contributed by atoms with van der Waals surface area (Å²) in [5, 5.41) is 0.441. The van der Waals surface area contributed by atoms with Crippen LogP contribution in [0.4, 0.5) is 5.69 Å². The predicted octanol–water partition coefficient (Wildman–Crippen LogP) is 2.39. The first-order valence-corrected chi connectivity index (χ1v) is 8.39. The molecule has 0 aromatic heterocycles. The fourth-order valence-corrected chi connectivity index (χ4v) is 5.03. The maximum absolute atomic E-state index is 12.4. The molecule has 0 saturated heterocycles. The highest BCUT2D eigenvalue weighted by Gasteiger charge is 2.41. The Bertz CT molecular complexity index is 603. The molecule has 19 heavy (non-hydrogen) atoms. The third-order valence-electron chi connectivity index (χ3n) is 4.31. The number of rotatable bonds is 3. The van der Waals surface area contributed by atoms with Gasteiger partial charge in [-0.3, -0.25) is 0 Å². The average Bonchev–Trinajstić information content (AvgIpc) is 2.89. The lowest BCUT2D eigenvalue weighted by atomic mass is 9.96. The second-order valence-corrected chi connectivity index (χ2v) is 7.70. The lowest BCUT2D eigenvalue weighted by Crippen LogP contribution is -2.38. The number of benzene rings is 1. The summed E-state index contributed by atoms with van der Waals surface area (Å²) in [6.45, 7) is 0. The van der Waals surface area contributed by atoms with E-state index in [1.165, 1.54) is 18.6 Å². The van der Waals surface area contributed by atoms with E-state index in [-0.39, 0.29) is 16.6 Å². The largest absolute Gasteiger partial charge is 0.398 e. The number of nitrogen functional groups attached to an aromatic ring is 1. The summed E-state index contributed by atoms with van der Waals surface area (Å²) in [7, 11) is -3.55. The number of fused-ring (bicyclic) bond motifs is 2. The maximum atomic E-state index is 12.4. The van der Waals surface area contributed by atoms with Gasteiger partial charge in [-0.1, -0.05) is 18.0 Å². The van der Waals surface area contributed by atoms with Crippen molar-refractivity contribution in [3.63, 3.8) is 0 Å². The average molecular weight is 301 g/mol. The van der Waals surface area contributed by atoms with Gasteiger partial charge in [0.15, 0.2) is 0 Å².